The highest BCUT2D eigenvalue weighted by molar-refractivity contribution is 7.80. The van der Waals surface area contributed by atoms with Crippen molar-refractivity contribution in [1.82, 2.24) is 10.2 Å². The summed E-state index contributed by atoms with van der Waals surface area (Å²) in [5.74, 6) is -0.201. The van der Waals surface area contributed by atoms with Gasteiger partial charge in [0.2, 0.25) is 0 Å². The molecule has 0 bridgehead atoms. The lowest BCUT2D eigenvalue weighted by Crippen LogP contribution is -2.48. The molecule has 1 aromatic carbocycles. The van der Waals surface area contributed by atoms with Crippen LogP contribution in [0.2, 0.25) is 0 Å². The van der Waals surface area contributed by atoms with Gasteiger partial charge in [-0.15, -0.1) is 0 Å². The van der Waals surface area contributed by atoms with E-state index in [4.69, 9.17) is 12.2 Å². The van der Waals surface area contributed by atoms with Crippen molar-refractivity contribution in [3.05, 3.63) is 35.6 Å². The molecule has 19 heavy (non-hydrogen) atoms. The minimum atomic E-state index is -0.201. The van der Waals surface area contributed by atoms with Gasteiger partial charge in [-0.25, -0.2) is 4.39 Å². The summed E-state index contributed by atoms with van der Waals surface area (Å²) in [4.78, 5) is 2.31. The Morgan fingerprint density at radius 1 is 1.37 bits per heavy atom. The summed E-state index contributed by atoms with van der Waals surface area (Å²) in [6, 6.07) is 7.12. The molecule has 1 heterocycles. The highest BCUT2D eigenvalue weighted by atomic mass is 32.1. The van der Waals surface area contributed by atoms with Crippen molar-refractivity contribution in [3.63, 3.8) is 0 Å². The van der Waals surface area contributed by atoms with Gasteiger partial charge in [-0.2, -0.15) is 0 Å². The smallest absolute Gasteiger partial charge is 0.169 e. The van der Waals surface area contributed by atoms with Crippen LogP contribution >= 0.6 is 12.2 Å². The van der Waals surface area contributed by atoms with Crippen LogP contribution in [-0.2, 0) is 6.54 Å². The van der Waals surface area contributed by atoms with Crippen molar-refractivity contribution < 1.29 is 4.39 Å². The number of hydrogen-bond donors (Lipinski definition) is 1. The van der Waals surface area contributed by atoms with E-state index in [1.807, 2.05) is 0 Å². The van der Waals surface area contributed by atoms with E-state index < -0.39 is 0 Å². The zero-order valence-corrected chi connectivity index (χ0v) is 12.2. The predicted octanol–water partition coefficient (Wildman–Crippen LogP) is 3.46. The second kappa shape index (κ2) is 6.85. The van der Waals surface area contributed by atoms with Crippen molar-refractivity contribution in [2.75, 3.05) is 6.54 Å². The number of hydrogen-bond acceptors (Lipinski definition) is 1. The van der Waals surface area contributed by atoms with Crippen molar-refractivity contribution in [2.45, 2.75) is 45.2 Å². The van der Waals surface area contributed by atoms with E-state index >= 15 is 0 Å². The molecule has 1 N–H and O–H groups in total. The number of thiocarbonyl (C=S) groups is 1. The molecule has 1 aliphatic rings. The van der Waals surface area contributed by atoms with Gasteiger partial charge in [-0.05, 0) is 55.6 Å². The monoisotopic (exact) mass is 280 g/mol. The molecule has 104 valence electrons. The average Bonchev–Trinajstić information content (AvgIpc) is 2.46. The van der Waals surface area contributed by atoms with Gasteiger partial charge >= 0.3 is 0 Å². The molecule has 2 rings (SSSR count). The lowest BCUT2D eigenvalue weighted by Gasteiger charge is -2.37. The minimum absolute atomic E-state index is 0.201. The summed E-state index contributed by atoms with van der Waals surface area (Å²) in [6.45, 7) is 3.92. The van der Waals surface area contributed by atoms with Crippen molar-refractivity contribution in [3.8, 4) is 0 Å². The van der Waals surface area contributed by atoms with Crippen molar-refractivity contribution >= 4 is 17.3 Å². The molecule has 0 amide bonds. The SMILES string of the molecule is CCC1CCCCN1C(=S)NCc1ccc(F)cc1. The molecule has 1 saturated heterocycles. The first kappa shape index (κ1) is 14.3. The second-order valence-electron chi connectivity index (χ2n) is 5.04. The maximum atomic E-state index is 12.8. The Balaban J connectivity index is 1.87. The van der Waals surface area contributed by atoms with Crippen LogP contribution in [0.3, 0.4) is 0 Å². The van der Waals surface area contributed by atoms with Gasteiger partial charge in [0.1, 0.15) is 5.82 Å². The third-order valence-electron chi connectivity index (χ3n) is 3.72. The Bertz CT molecular complexity index is 419. The molecule has 1 atom stereocenters. The van der Waals surface area contributed by atoms with Gasteiger partial charge in [0.15, 0.2) is 5.11 Å². The van der Waals surface area contributed by atoms with Crippen LogP contribution in [0.4, 0.5) is 4.39 Å². The normalized spacial score (nSPS) is 19.3. The van der Waals surface area contributed by atoms with Crippen LogP contribution < -0.4 is 5.32 Å². The zero-order chi connectivity index (χ0) is 13.7. The summed E-state index contributed by atoms with van der Waals surface area (Å²) in [6.07, 6.45) is 4.89. The highest BCUT2D eigenvalue weighted by Gasteiger charge is 2.22. The molecule has 1 aromatic rings. The molecule has 0 aromatic heterocycles. The van der Waals surface area contributed by atoms with E-state index in [0.29, 0.717) is 12.6 Å². The molecule has 4 heteroatoms. The summed E-state index contributed by atoms with van der Waals surface area (Å²) in [7, 11) is 0. The van der Waals surface area contributed by atoms with E-state index in [-0.39, 0.29) is 5.82 Å². The van der Waals surface area contributed by atoms with Crippen LogP contribution in [0.15, 0.2) is 24.3 Å². The summed E-state index contributed by atoms with van der Waals surface area (Å²) >= 11 is 5.48. The first-order valence-corrected chi connectivity index (χ1v) is 7.40. The van der Waals surface area contributed by atoms with E-state index in [9.17, 15) is 4.39 Å². The molecule has 0 saturated carbocycles. The van der Waals surface area contributed by atoms with E-state index in [2.05, 4.69) is 17.1 Å². The van der Waals surface area contributed by atoms with Crippen LogP contribution in [-0.4, -0.2) is 22.6 Å². The standard InChI is InChI=1S/C15H21FN2S/c1-2-14-5-3-4-10-18(14)15(19)17-11-12-6-8-13(16)9-7-12/h6-9,14H,2-5,10-11H2,1H3,(H,17,19). The maximum absolute atomic E-state index is 12.8. The lowest BCUT2D eigenvalue weighted by molar-refractivity contribution is 0.233. The van der Waals surface area contributed by atoms with Gasteiger partial charge in [0.05, 0.1) is 0 Å². The van der Waals surface area contributed by atoms with Gasteiger partial charge < -0.3 is 10.2 Å². The first-order chi connectivity index (χ1) is 9.20. The van der Waals surface area contributed by atoms with Gasteiger partial charge in [-0.3, -0.25) is 0 Å². The molecular weight excluding hydrogens is 259 g/mol. The molecule has 1 aliphatic heterocycles. The Morgan fingerprint density at radius 3 is 2.79 bits per heavy atom. The van der Waals surface area contributed by atoms with E-state index in [1.54, 1.807) is 12.1 Å². The quantitative estimate of drug-likeness (QED) is 0.854. The second-order valence-corrected chi connectivity index (χ2v) is 5.42. The summed E-state index contributed by atoms with van der Waals surface area (Å²) in [5, 5.41) is 4.12. The zero-order valence-electron chi connectivity index (χ0n) is 11.4. The molecule has 2 nitrogen and oxygen atoms in total. The summed E-state index contributed by atoms with van der Waals surface area (Å²) in [5.41, 5.74) is 1.05. The van der Waals surface area contributed by atoms with Crippen LogP contribution in [0, 0.1) is 5.82 Å². The van der Waals surface area contributed by atoms with Crippen LogP contribution in [0.25, 0.3) is 0 Å². The topological polar surface area (TPSA) is 15.3 Å². The fraction of sp³-hybridized carbons (Fsp3) is 0.533. The number of nitrogens with zero attached hydrogens (tertiary/aromatic N) is 1. The molecular formula is C15H21FN2S. The molecule has 1 fully saturated rings. The Kier molecular flexibility index (Phi) is 5.14. The number of nitrogens with one attached hydrogen (secondary N) is 1. The number of likely N-dealkylation sites (tertiary alicyclic amines) is 1. The van der Waals surface area contributed by atoms with Gasteiger partial charge in [0.25, 0.3) is 0 Å². The fourth-order valence-electron chi connectivity index (χ4n) is 2.57. The molecule has 1 unspecified atom stereocenters. The Morgan fingerprint density at radius 2 is 2.11 bits per heavy atom. The van der Waals surface area contributed by atoms with Crippen molar-refractivity contribution in [2.24, 2.45) is 0 Å². The Labute approximate surface area is 120 Å². The highest BCUT2D eigenvalue weighted by Crippen LogP contribution is 2.19. The predicted molar refractivity (Wildman–Crippen MR) is 80.5 cm³/mol. The Hall–Kier alpha value is -1.16. The molecule has 0 aliphatic carbocycles. The van der Waals surface area contributed by atoms with Crippen molar-refractivity contribution in [1.29, 1.82) is 0 Å². The average molecular weight is 280 g/mol. The first-order valence-electron chi connectivity index (χ1n) is 6.99. The number of rotatable bonds is 3. The third-order valence-corrected chi connectivity index (χ3v) is 4.10. The number of benzene rings is 1. The number of halogens is 1. The van der Waals surface area contributed by atoms with E-state index in [0.717, 1.165) is 23.6 Å². The lowest BCUT2D eigenvalue weighted by atomic mass is 10.0. The largest absolute Gasteiger partial charge is 0.358 e. The third kappa shape index (κ3) is 3.90. The van der Waals surface area contributed by atoms with E-state index in [1.165, 1.54) is 31.4 Å². The maximum Gasteiger partial charge on any atom is 0.169 e. The van der Waals surface area contributed by atoms with Crippen LogP contribution in [0.5, 0.6) is 0 Å². The minimum Gasteiger partial charge on any atom is -0.358 e. The molecule has 0 radical (unpaired) electrons. The van der Waals surface area contributed by atoms with Gasteiger partial charge in [0, 0.05) is 19.1 Å². The summed E-state index contributed by atoms with van der Waals surface area (Å²) < 4.78 is 12.8. The van der Waals surface area contributed by atoms with Gasteiger partial charge in [-0.1, -0.05) is 19.1 Å². The van der Waals surface area contributed by atoms with Crippen LogP contribution in [0.1, 0.15) is 38.2 Å². The number of piperidine rings is 1. The molecule has 0 spiro atoms. The fourth-order valence-corrected chi connectivity index (χ4v) is 2.89.